The number of hydrogen-bond acceptors (Lipinski definition) is 3. The van der Waals surface area contributed by atoms with E-state index in [9.17, 15) is 0 Å². The van der Waals surface area contributed by atoms with E-state index in [-0.39, 0.29) is 0 Å². The standard InChI is InChI=1S/C18H28N2S/c1-2-11-20(13-16-8-5-6-10-19-16)14-17-12-15-7-3-4-9-18(15)21-17/h3-4,7,9,16-17,19H,2,5-6,8,10-14H2,1H3. The van der Waals surface area contributed by atoms with Crippen LogP contribution in [0.25, 0.3) is 0 Å². The van der Waals surface area contributed by atoms with E-state index in [4.69, 9.17) is 0 Å². The highest BCUT2D eigenvalue weighted by molar-refractivity contribution is 8.00. The number of fused-ring (bicyclic) bond motifs is 1. The fraction of sp³-hybridized carbons (Fsp3) is 0.667. The predicted molar refractivity (Wildman–Crippen MR) is 92.2 cm³/mol. The van der Waals surface area contributed by atoms with E-state index in [0.29, 0.717) is 0 Å². The van der Waals surface area contributed by atoms with Crippen LogP contribution in [0.3, 0.4) is 0 Å². The third kappa shape index (κ3) is 4.24. The molecule has 3 heteroatoms. The highest BCUT2D eigenvalue weighted by Crippen LogP contribution is 2.37. The van der Waals surface area contributed by atoms with Gasteiger partial charge in [0.25, 0.3) is 0 Å². The average Bonchev–Trinajstić information content (AvgIpc) is 2.90. The molecule has 0 amide bonds. The fourth-order valence-electron chi connectivity index (χ4n) is 3.61. The predicted octanol–water partition coefficient (Wildman–Crippen LogP) is 3.56. The molecule has 1 saturated heterocycles. The van der Waals surface area contributed by atoms with Crippen molar-refractivity contribution in [2.24, 2.45) is 0 Å². The molecule has 1 N–H and O–H groups in total. The summed E-state index contributed by atoms with van der Waals surface area (Å²) in [7, 11) is 0. The summed E-state index contributed by atoms with van der Waals surface area (Å²) in [6.07, 6.45) is 6.63. The van der Waals surface area contributed by atoms with Crippen molar-refractivity contribution in [3.63, 3.8) is 0 Å². The zero-order chi connectivity index (χ0) is 14.5. The molecule has 2 aliphatic rings. The molecule has 2 aliphatic heterocycles. The van der Waals surface area contributed by atoms with E-state index < -0.39 is 0 Å². The molecule has 2 atom stereocenters. The molecule has 116 valence electrons. The topological polar surface area (TPSA) is 15.3 Å². The fourth-order valence-corrected chi connectivity index (χ4v) is 4.98. The van der Waals surface area contributed by atoms with Crippen LogP contribution in [0.15, 0.2) is 29.2 Å². The Labute approximate surface area is 133 Å². The molecular weight excluding hydrogens is 276 g/mol. The summed E-state index contributed by atoms with van der Waals surface area (Å²) in [6, 6.07) is 9.66. The van der Waals surface area contributed by atoms with E-state index in [1.165, 1.54) is 63.2 Å². The maximum atomic E-state index is 3.70. The molecule has 21 heavy (non-hydrogen) atoms. The largest absolute Gasteiger partial charge is 0.313 e. The summed E-state index contributed by atoms with van der Waals surface area (Å²) >= 11 is 2.09. The number of nitrogens with zero attached hydrogens (tertiary/aromatic N) is 1. The Kier molecular flexibility index (Phi) is 5.61. The summed E-state index contributed by atoms with van der Waals surface area (Å²) in [4.78, 5) is 4.21. The molecular formula is C18H28N2S. The molecule has 3 rings (SSSR count). The Morgan fingerprint density at radius 2 is 2.14 bits per heavy atom. The number of nitrogens with one attached hydrogen (secondary N) is 1. The van der Waals surface area contributed by atoms with Gasteiger partial charge in [-0.25, -0.2) is 0 Å². The number of hydrogen-bond donors (Lipinski definition) is 1. The monoisotopic (exact) mass is 304 g/mol. The minimum Gasteiger partial charge on any atom is -0.313 e. The number of benzene rings is 1. The van der Waals surface area contributed by atoms with Gasteiger partial charge in [0.2, 0.25) is 0 Å². The van der Waals surface area contributed by atoms with Crippen molar-refractivity contribution in [3.05, 3.63) is 29.8 Å². The van der Waals surface area contributed by atoms with Gasteiger partial charge in [0.15, 0.2) is 0 Å². The molecule has 2 heterocycles. The number of piperidine rings is 1. The highest BCUT2D eigenvalue weighted by atomic mass is 32.2. The van der Waals surface area contributed by atoms with Crippen LogP contribution in [0.4, 0.5) is 0 Å². The Morgan fingerprint density at radius 3 is 2.90 bits per heavy atom. The molecule has 0 radical (unpaired) electrons. The average molecular weight is 305 g/mol. The van der Waals surface area contributed by atoms with Gasteiger partial charge in [0.1, 0.15) is 0 Å². The molecule has 2 unspecified atom stereocenters. The Bertz CT molecular complexity index is 418. The van der Waals surface area contributed by atoms with Crippen LogP contribution in [0.5, 0.6) is 0 Å². The van der Waals surface area contributed by atoms with Crippen LogP contribution in [0.2, 0.25) is 0 Å². The van der Waals surface area contributed by atoms with Gasteiger partial charge in [0.05, 0.1) is 0 Å². The summed E-state index contributed by atoms with van der Waals surface area (Å²) in [5.41, 5.74) is 1.56. The van der Waals surface area contributed by atoms with Crippen LogP contribution in [0.1, 0.15) is 38.2 Å². The van der Waals surface area contributed by atoms with Gasteiger partial charge in [-0.05, 0) is 50.4 Å². The lowest BCUT2D eigenvalue weighted by molar-refractivity contribution is 0.225. The molecule has 1 fully saturated rings. The molecule has 2 nitrogen and oxygen atoms in total. The molecule has 0 spiro atoms. The van der Waals surface area contributed by atoms with Crippen LogP contribution >= 0.6 is 11.8 Å². The van der Waals surface area contributed by atoms with E-state index in [1.807, 2.05) is 0 Å². The third-order valence-electron chi connectivity index (χ3n) is 4.61. The van der Waals surface area contributed by atoms with Crippen molar-refractivity contribution in [1.29, 1.82) is 0 Å². The Morgan fingerprint density at radius 1 is 1.24 bits per heavy atom. The smallest absolute Gasteiger partial charge is 0.0263 e. The second kappa shape index (κ2) is 7.66. The van der Waals surface area contributed by atoms with Crippen molar-refractivity contribution in [1.82, 2.24) is 10.2 Å². The van der Waals surface area contributed by atoms with Gasteiger partial charge in [-0.3, -0.25) is 0 Å². The zero-order valence-electron chi connectivity index (χ0n) is 13.2. The SMILES string of the molecule is CCCN(CC1CCCCN1)CC1Cc2ccccc2S1. The van der Waals surface area contributed by atoms with E-state index >= 15 is 0 Å². The van der Waals surface area contributed by atoms with E-state index in [0.717, 1.165) is 11.3 Å². The van der Waals surface area contributed by atoms with Gasteiger partial charge < -0.3 is 10.2 Å². The summed E-state index contributed by atoms with van der Waals surface area (Å²) in [5.74, 6) is 0. The highest BCUT2D eigenvalue weighted by Gasteiger charge is 2.25. The first kappa shape index (κ1) is 15.4. The molecule has 1 aromatic rings. The lowest BCUT2D eigenvalue weighted by atomic mass is 10.0. The zero-order valence-corrected chi connectivity index (χ0v) is 14.0. The number of thioether (sulfide) groups is 1. The molecule has 0 bridgehead atoms. The van der Waals surface area contributed by atoms with Crippen LogP contribution in [0, 0.1) is 0 Å². The third-order valence-corrected chi connectivity index (χ3v) is 5.91. The first-order chi connectivity index (χ1) is 10.3. The lowest BCUT2D eigenvalue weighted by Gasteiger charge is -2.31. The van der Waals surface area contributed by atoms with Gasteiger partial charge in [0, 0.05) is 29.3 Å². The first-order valence-corrected chi connectivity index (χ1v) is 9.43. The van der Waals surface area contributed by atoms with Crippen LogP contribution in [-0.2, 0) is 6.42 Å². The Balaban J connectivity index is 1.53. The van der Waals surface area contributed by atoms with Gasteiger partial charge in [-0.2, -0.15) is 0 Å². The molecule has 0 aliphatic carbocycles. The first-order valence-electron chi connectivity index (χ1n) is 8.55. The molecule has 1 aromatic carbocycles. The minimum atomic E-state index is 0.721. The van der Waals surface area contributed by atoms with Crippen LogP contribution in [-0.4, -0.2) is 42.4 Å². The molecule has 0 aromatic heterocycles. The van der Waals surface area contributed by atoms with Crippen molar-refractivity contribution in [2.45, 2.75) is 55.2 Å². The second-order valence-electron chi connectivity index (χ2n) is 6.46. The van der Waals surface area contributed by atoms with Crippen LogP contribution < -0.4 is 5.32 Å². The normalized spacial score (nSPS) is 25.2. The second-order valence-corrected chi connectivity index (χ2v) is 7.80. The van der Waals surface area contributed by atoms with Crippen molar-refractivity contribution in [3.8, 4) is 0 Å². The van der Waals surface area contributed by atoms with E-state index in [1.54, 1.807) is 5.56 Å². The van der Waals surface area contributed by atoms with Crippen molar-refractivity contribution >= 4 is 11.8 Å². The Hall–Kier alpha value is -0.510. The minimum absolute atomic E-state index is 0.721. The quantitative estimate of drug-likeness (QED) is 0.865. The van der Waals surface area contributed by atoms with Gasteiger partial charge >= 0.3 is 0 Å². The van der Waals surface area contributed by atoms with Crippen molar-refractivity contribution < 1.29 is 0 Å². The summed E-state index contributed by atoms with van der Waals surface area (Å²) in [5, 5.41) is 4.45. The molecule has 0 saturated carbocycles. The summed E-state index contributed by atoms with van der Waals surface area (Å²) < 4.78 is 0. The van der Waals surface area contributed by atoms with Gasteiger partial charge in [-0.15, -0.1) is 11.8 Å². The van der Waals surface area contributed by atoms with Gasteiger partial charge in [-0.1, -0.05) is 31.5 Å². The lowest BCUT2D eigenvalue weighted by Crippen LogP contribution is -2.45. The summed E-state index contributed by atoms with van der Waals surface area (Å²) in [6.45, 7) is 7.24. The number of rotatable bonds is 6. The maximum absolute atomic E-state index is 3.70. The van der Waals surface area contributed by atoms with E-state index in [2.05, 4.69) is 53.2 Å². The maximum Gasteiger partial charge on any atom is 0.0263 e. The van der Waals surface area contributed by atoms with Crippen molar-refractivity contribution in [2.75, 3.05) is 26.2 Å².